The molecule has 0 saturated carbocycles. The van der Waals surface area contributed by atoms with Gasteiger partial charge in [0.1, 0.15) is 5.82 Å². The molecule has 0 unspecified atom stereocenters. The highest BCUT2D eigenvalue weighted by Gasteiger charge is 2.14. The van der Waals surface area contributed by atoms with Crippen LogP contribution in [0.2, 0.25) is 0 Å². The lowest BCUT2D eigenvalue weighted by Crippen LogP contribution is -2.16. The van der Waals surface area contributed by atoms with Crippen molar-refractivity contribution in [3.05, 3.63) is 69.8 Å². The van der Waals surface area contributed by atoms with Crippen molar-refractivity contribution in [3.8, 4) is 0 Å². The Bertz CT molecular complexity index is 1040. The molecule has 3 aromatic rings. The second-order valence-corrected chi connectivity index (χ2v) is 7.08. The topological polar surface area (TPSA) is 74.8 Å². The molecule has 0 atom stereocenters. The lowest BCUT2D eigenvalue weighted by Gasteiger charge is -2.19. The van der Waals surface area contributed by atoms with Crippen LogP contribution in [0.4, 0.5) is 5.69 Å². The number of rotatable bonds is 5. The molecule has 1 heterocycles. The maximum atomic E-state index is 12.4. The van der Waals surface area contributed by atoms with E-state index >= 15 is 0 Å². The fourth-order valence-electron chi connectivity index (χ4n) is 3.78. The first kappa shape index (κ1) is 17.5. The van der Waals surface area contributed by atoms with Crippen molar-refractivity contribution in [3.63, 3.8) is 0 Å². The number of amides is 1. The Kier molecular flexibility index (Phi) is 5.01. The van der Waals surface area contributed by atoms with Gasteiger partial charge in [-0.05, 0) is 61.4 Å². The number of fused-ring (bicyclic) bond motifs is 2. The Balaban J connectivity index is 1.37. The molecule has 1 aromatic heterocycles. The summed E-state index contributed by atoms with van der Waals surface area (Å²) in [6.07, 6.45) is 6.15. The van der Waals surface area contributed by atoms with Crippen molar-refractivity contribution in [2.75, 3.05) is 5.32 Å². The average molecular weight is 361 g/mol. The van der Waals surface area contributed by atoms with Crippen LogP contribution in [0.3, 0.4) is 0 Å². The van der Waals surface area contributed by atoms with Crippen molar-refractivity contribution in [2.45, 2.75) is 44.9 Å². The fourth-order valence-corrected chi connectivity index (χ4v) is 3.78. The number of benzene rings is 2. The van der Waals surface area contributed by atoms with E-state index in [0.717, 1.165) is 18.5 Å². The highest BCUT2D eigenvalue weighted by molar-refractivity contribution is 5.91. The Labute approximate surface area is 157 Å². The van der Waals surface area contributed by atoms with E-state index in [2.05, 4.69) is 21.4 Å². The van der Waals surface area contributed by atoms with Crippen LogP contribution in [-0.2, 0) is 24.1 Å². The van der Waals surface area contributed by atoms with Crippen LogP contribution in [-0.4, -0.2) is 15.9 Å². The summed E-state index contributed by atoms with van der Waals surface area (Å²) in [5.41, 5.74) is 4.16. The van der Waals surface area contributed by atoms with Gasteiger partial charge in [0.15, 0.2) is 0 Å². The second kappa shape index (κ2) is 7.74. The van der Waals surface area contributed by atoms with E-state index in [9.17, 15) is 9.59 Å². The third kappa shape index (κ3) is 3.92. The summed E-state index contributed by atoms with van der Waals surface area (Å²) < 4.78 is 0. The zero-order valence-electron chi connectivity index (χ0n) is 15.3. The molecular weight excluding hydrogens is 338 g/mol. The van der Waals surface area contributed by atoms with Crippen LogP contribution in [0, 0.1) is 0 Å². The lowest BCUT2D eigenvalue weighted by molar-refractivity contribution is -0.116. The molecule has 0 fully saturated rings. The minimum absolute atomic E-state index is 0.0112. The standard InChI is InChI=1S/C22H23N3O2/c26-21(24-18-12-5-8-15-7-1-2-9-16(15)18)14-6-13-20-23-19-11-4-3-10-17(19)22(27)25-20/h3-5,8,10-12H,1-2,6-7,9,13-14H2,(H,24,26)(H,23,25,27). The molecule has 5 heteroatoms. The predicted molar refractivity (Wildman–Crippen MR) is 107 cm³/mol. The highest BCUT2D eigenvalue weighted by Crippen LogP contribution is 2.28. The number of hydrogen-bond acceptors (Lipinski definition) is 3. The Morgan fingerprint density at radius 3 is 2.85 bits per heavy atom. The zero-order chi connectivity index (χ0) is 18.6. The monoisotopic (exact) mass is 361 g/mol. The Morgan fingerprint density at radius 2 is 1.93 bits per heavy atom. The van der Waals surface area contributed by atoms with Gasteiger partial charge < -0.3 is 10.3 Å². The maximum Gasteiger partial charge on any atom is 0.258 e. The Hall–Kier alpha value is -2.95. The third-order valence-corrected chi connectivity index (χ3v) is 5.15. The summed E-state index contributed by atoms with van der Waals surface area (Å²) in [6, 6.07) is 13.5. The normalized spacial score (nSPS) is 13.3. The number of para-hydroxylation sites is 1. The molecule has 2 N–H and O–H groups in total. The maximum absolute atomic E-state index is 12.4. The van der Waals surface area contributed by atoms with Crippen LogP contribution >= 0.6 is 0 Å². The molecule has 27 heavy (non-hydrogen) atoms. The van der Waals surface area contributed by atoms with Crippen molar-refractivity contribution >= 4 is 22.5 Å². The number of carbonyl (C=O) groups is 1. The van der Waals surface area contributed by atoms with E-state index in [0.29, 0.717) is 36.0 Å². The quantitative estimate of drug-likeness (QED) is 0.726. The average Bonchev–Trinajstić information content (AvgIpc) is 2.68. The van der Waals surface area contributed by atoms with Gasteiger partial charge in [0, 0.05) is 18.5 Å². The largest absolute Gasteiger partial charge is 0.326 e. The number of aromatic nitrogens is 2. The molecule has 2 aromatic carbocycles. The predicted octanol–water partition coefficient (Wildman–Crippen LogP) is 3.76. The number of nitrogens with zero attached hydrogens (tertiary/aromatic N) is 1. The van der Waals surface area contributed by atoms with Crippen molar-refractivity contribution in [1.82, 2.24) is 9.97 Å². The van der Waals surface area contributed by atoms with E-state index in [-0.39, 0.29) is 11.5 Å². The highest BCUT2D eigenvalue weighted by atomic mass is 16.1. The van der Waals surface area contributed by atoms with Gasteiger partial charge in [-0.1, -0.05) is 24.3 Å². The molecule has 1 aliphatic rings. The van der Waals surface area contributed by atoms with Crippen LogP contribution in [0.5, 0.6) is 0 Å². The first-order valence-electron chi connectivity index (χ1n) is 9.59. The van der Waals surface area contributed by atoms with Crippen LogP contribution in [0.25, 0.3) is 10.9 Å². The molecule has 0 bridgehead atoms. The molecule has 1 aliphatic carbocycles. The molecule has 0 spiro atoms. The summed E-state index contributed by atoms with van der Waals surface area (Å²) in [6.45, 7) is 0. The smallest absolute Gasteiger partial charge is 0.258 e. The van der Waals surface area contributed by atoms with Gasteiger partial charge in [-0.2, -0.15) is 0 Å². The molecule has 0 radical (unpaired) electrons. The summed E-state index contributed by atoms with van der Waals surface area (Å²) in [4.78, 5) is 31.8. The molecule has 5 nitrogen and oxygen atoms in total. The van der Waals surface area contributed by atoms with Crippen LogP contribution < -0.4 is 10.9 Å². The fraction of sp³-hybridized carbons (Fsp3) is 0.318. The minimum atomic E-state index is -0.129. The van der Waals surface area contributed by atoms with Crippen LogP contribution in [0.1, 0.15) is 42.6 Å². The molecule has 4 rings (SSSR count). The van der Waals surface area contributed by atoms with Gasteiger partial charge >= 0.3 is 0 Å². The van der Waals surface area contributed by atoms with Gasteiger partial charge in [0.05, 0.1) is 10.9 Å². The summed E-state index contributed by atoms with van der Waals surface area (Å²) in [5, 5.41) is 3.66. The summed E-state index contributed by atoms with van der Waals surface area (Å²) in [7, 11) is 0. The van der Waals surface area contributed by atoms with Crippen molar-refractivity contribution in [2.24, 2.45) is 0 Å². The SMILES string of the molecule is O=C(CCCc1nc2ccccc2c(=O)[nH]1)Nc1cccc2c1CCCC2. The van der Waals surface area contributed by atoms with Crippen molar-refractivity contribution < 1.29 is 4.79 Å². The summed E-state index contributed by atoms with van der Waals surface area (Å²) >= 11 is 0. The number of nitrogens with one attached hydrogen (secondary N) is 2. The van der Waals surface area contributed by atoms with Crippen molar-refractivity contribution in [1.29, 1.82) is 0 Å². The van der Waals surface area contributed by atoms with Gasteiger partial charge in [-0.3, -0.25) is 9.59 Å². The van der Waals surface area contributed by atoms with E-state index in [4.69, 9.17) is 0 Å². The van der Waals surface area contributed by atoms with Crippen LogP contribution in [0.15, 0.2) is 47.3 Å². The Morgan fingerprint density at radius 1 is 1.07 bits per heavy atom. The van der Waals surface area contributed by atoms with E-state index in [1.54, 1.807) is 6.07 Å². The van der Waals surface area contributed by atoms with E-state index in [1.165, 1.54) is 24.0 Å². The van der Waals surface area contributed by atoms with E-state index < -0.39 is 0 Å². The molecule has 0 saturated heterocycles. The van der Waals surface area contributed by atoms with Gasteiger partial charge in [0.2, 0.25) is 5.91 Å². The number of aromatic amines is 1. The molecule has 0 aliphatic heterocycles. The molecule has 138 valence electrons. The van der Waals surface area contributed by atoms with E-state index in [1.807, 2.05) is 30.3 Å². The van der Waals surface area contributed by atoms with Gasteiger partial charge in [-0.25, -0.2) is 4.98 Å². The number of hydrogen-bond donors (Lipinski definition) is 2. The summed E-state index contributed by atoms with van der Waals surface area (Å²) in [5.74, 6) is 0.640. The number of H-pyrrole nitrogens is 1. The first-order chi connectivity index (χ1) is 13.2. The zero-order valence-corrected chi connectivity index (χ0v) is 15.3. The minimum Gasteiger partial charge on any atom is -0.326 e. The van der Waals surface area contributed by atoms with Gasteiger partial charge in [-0.15, -0.1) is 0 Å². The first-order valence-corrected chi connectivity index (χ1v) is 9.59. The second-order valence-electron chi connectivity index (χ2n) is 7.08. The number of carbonyl (C=O) groups excluding carboxylic acids is 1. The number of anilines is 1. The third-order valence-electron chi connectivity index (χ3n) is 5.15. The lowest BCUT2D eigenvalue weighted by atomic mass is 9.90. The number of aryl methyl sites for hydroxylation is 2. The van der Waals surface area contributed by atoms with Gasteiger partial charge in [0.25, 0.3) is 5.56 Å². The molecule has 1 amide bonds. The molecular formula is C22H23N3O2.